The monoisotopic (exact) mass is 440 g/mol. The zero-order valence-corrected chi connectivity index (χ0v) is 18.5. The third-order valence-electron chi connectivity index (χ3n) is 5.86. The van der Waals surface area contributed by atoms with Crippen LogP contribution in [-0.2, 0) is 0 Å². The Morgan fingerprint density at radius 3 is 2.64 bits per heavy atom. The van der Waals surface area contributed by atoms with Crippen LogP contribution in [0.25, 0.3) is 16.8 Å². The lowest BCUT2D eigenvalue weighted by Gasteiger charge is -2.13. The fourth-order valence-electron chi connectivity index (χ4n) is 3.91. The molecule has 7 nitrogen and oxygen atoms in total. The van der Waals surface area contributed by atoms with E-state index in [0.717, 1.165) is 34.7 Å². The van der Waals surface area contributed by atoms with E-state index in [1.165, 1.54) is 0 Å². The third-order valence-corrected chi connectivity index (χ3v) is 5.86. The zero-order valence-electron chi connectivity index (χ0n) is 18.5. The Labute approximate surface area is 191 Å². The van der Waals surface area contributed by atoms with Gasteiger partial charge < -0.3 is 9.47 Å². The first kappa shape index (κ1) is 20.9. The highest BCUT2D eigenvalue weighted by Gasteiger charge is 2.40. The molecule has 1 aliphatic rings. The average molecular weight is 441 g/mol. The predicted molar refractivity (Wildman–Crippen MR) is 125 cm³/mol. The van der Waals surface area contributed by atoms with Crippen molar-refractivity contribution < 1.29 is 9.47 Å². The summed E-state index contributed by atoms with van der Waals surface area (Å²) in [5.74, 6) is 2.67. The number of benzene rings is 1. The van der Waals surface area contributed by atoms with Crippen LogP contribution in [0, 0.1) is 12.8 Å². The number of methoxy groups -OCH3 is 1. The van der Waals surface area contributed by atoms with Crippen molar-refractivity contribution in [3.63, 3.8) is 0 Å². The van der Waals surface area contributed by atoms with E-state index in [2.05, 4.69) is 15.0 Å². The van der Waals surface area contributed by atoms with Gasteiger partial charge in [-0.25, -0.2) is 4.98 Å². The Morgan fingerprint density at radius 1 is 1.03 bits per heavy atom. The van der Waals surface area contributed by atoms with E-state index in [1.807, 2.05) is 49.4 Å². The molecule has 0 saturated heterocycles. The number of hydrogen-bond acceptors (Lipinski definition) is 6. The summed E-state index contributed by atoms with van der Waals surface area (Å²) in [5, 5.41) is 0. The molecule has 4 aromatic rings. The van der Waals surface area contributed by atoms with Crippen LogP contribution in [-0.4, -0.2) is 33.2 Å². The molecule has 7 heteroatoms. The molecule has 0 spiro atoms. The van der Waals surface area contributed by atoms with Gasteiger partial charge in [-0.2, -0.15) is 4.98 Å². The standard InChI is InChI=1S/C26H24N4O3/c1-17-27-14-23(18-8-11-25(31)30(15-18)20-6-4-3-5-7-20)26(29-17)33-16-19-12-22(19)24-10-9-21(32-2)13-28-24/h3-11,13-15,19,22H,12,16H2,1-2H3/t19-,22+/m1/s1. The second kappa shape index (κ2) is 8.86. The summed E-state index contributed by atoms with van der Waals surface area (Å²) in [5.41, 5.74) is 3.32. The van der Waals surface area contributed by atoms with Crippen molar-refractivity contribution in [2.45, 2.75) is 19.3 Å². The van der Waals surface area contributed by atoms with Gasteiger partial charge in [0.25, 0.3) is 5.56 Å². The highest BCUT2D eigenvalue weighted by Crippen LogP contribution is 2.47. The molecule has 1 saturated carbocycles. The quantitative estimate of drug-likeness (QED) is 0.429. The summed E-state index contributed by atoms with van der Waals surface area (Å²) in [6, 6.07) is 16.8. The number of rotatable bonds is 7. The lowest BCUT2D eigenvalue weighted by atomic mass is 10.1. The summed E-state index contributed by atoms with van der Waals surface area (Å²) < 4.78 is 13.0. The van der Waals surface area contributed by atoms with Crippen LogP contribution in [0.1, 0.15) is 23.9 Å². The van der Waals surface area contributed by atoms with Gasteiger partial charge in [-0.3, -0.25) is 14.3 Å². The molecule has 166 valence electrons. The highest BCUT2D eigenvalue weighted by atomic mass is 16.5. The largest absolute Gasteiger partial charge is 0.495 e. The van der Waals surface area contributed by atoms with Crippen LogP contribution in [0.3, 0.4) is 0 Å². The minimum Gasteiger partial charge on any atom is -0.495 e. The van der Waals surface area contributed by atoms with Gasteiger partial charge in [-0.15, -0.1) is 0 Å². The van der Waals surface area contributed by atoms with Gasteiger partial charge in [0.15, 0.2) is 0 Å². The predicted octanol–water partition coefficient (Wildman–Crippen LogP) is 4.19. The second-order valence-corrected chi connectivity index (χ2v) is 8.13. The molecule has 33 heavy (non-hydrogen) atoms. The maximum absolute atomic E-state index is 12.5. The van der Waals surface area contributed by atoms with E-state index in [1.54, 1.807) is 42.4 Å². The first-order valence-electron chi connectivity index (χ1n) is 10.9. The van der Waals surface area contributed by atoms with Crippen molar-refractivity contribution in [2.75, 3.05) is 13.7 Å². The van der Waals surface area contributed by atoms with Gasteiger partial charge in [0, 0.05) is 47.2 Å². The molecule has 0 unspecified atom stereocenters. The van der Waals surface area contributed by atoms with Gasteiger partial charge in [0.05, 0.1) is 25.5 Å². The van der Waals surface area contributed by atoms with Crippen molar-refractivity contribution in [2.24, 2.45) is 5.92 Å². The smallest absolute Gasteiger partial charge is 0.255 e. The van der Waals surface area contributed by atoms with E-state index in [0.29, 0.717) is 30.1 Å². The van der Waals surface area contributed by atoms with E-state index in [9.17, 15) is 4.79 Å². The molecule has 3 heterocycles. The Kier molecular flexibility index (Phi) is 5.60. The lowest BCUT2D eigenvalue weighted by Crippen LogP contribution is -2.16. The normalized spacial score (nSPS) is 16.9. The maximum atomic E-state index is 12.5. The fraction of sp³-hybridized carbons (Fsp3) is 0.231. The van der Waals surface area contributed by atoms with Crippen molar-refractivity contribution in [3.05, 3.63) is 95.1 Å². The molecule has 5 rings (SSSR count). The number of aromatic nitrogens is 4. The molecular formula is C26H24N4O3. The summed E-state index contributed by atoms with van der Waals surface area (Å²) >= 11 is 0. The Bertz CT molecular complexity index is 1320. The minimum atomic E-state index is -0.103. The Balaban J connectivity index is 1.36. The fourth-order valence-corrected chi connectivity index (χ4v) is 3.91. The van der Waals surface area contributed by atoms with Crippen LogP contribution >= 0.6 is 0 Å². The molecule has 1 aliphatic carbocycles. The number of hydrogen-bond donors (Lipinski definition) is 0. The molecule has 0 bridgehead atoms. The Hall–Kier alpha value is -4.00. The van der Waals surface area contributed by atoms with Gasteiger partial charge in [0.1, 0.15) is 11.6 Å². The van der Waals surface area contributed by atoms with Crippen LogP contribution in [0.4, 0.5) is 0 Å². The number of ether oxygens (including phenoxy) is 2. The topological polar surface area (TPSA) is 79.1 Å². The van der Waals surface area contributed by atoms with E-state index < -0.39 is 0 Å². The summed E-state index contributed by atoms with van der Waals surface area (Å²) in [4.78, 5) is 25.9. The number of nitrogens with zero attached hydrogens (tertiary/aromatic N) is 4. The Morgan fingerprint density at radius 2 is 1.88 bits per heavy atom. The zero-order chi connectivity index (χ0) is 22.8. The van der Waals surface area contributed by atoms with E-state index in [-0.39, 0.29) is 5.56 Å². The summed E-state index contributed by atoms with van der Waals surface area (Å²) in [7, 11) is 1.64. The molecule has 2 atom stereocenters. The molecule has 0 amide bonds. The van der Waals surface area contributed by atoms with Crippen molar-refractivity contribution >= 4 is 0 Å². The highest BCUT2D eigenvalue weighted by molar-refractivity contribution is 5.67. The molecule has 0 N–H and O–H groups in total. The van der Waals surface area contributed by atoms with Crippen molar-refractivity contribution in [1.29, 1.82) is 0 Å². The van der Waals surface area contributed by atoms with Crippen LogP contribution in [0.5, 0.6) is 11.6 Å². The minimum absolute atomic E-state index is 0.103. The average Bonchev–Trinajstić information content (AvgIpc) is 3.64. The van der Waals surface area contributed by atoms with Crippen molar-refractivity contribution in [1.82, 2.24) is 19.5 Å². The number of pyridine rings is 2. The van der Waals surface area contributed by atoms with Crippen LogP contribution < -0.4 is 15.0 Å². The number of aryl methyl sites for hydroxylation is 1. The molecule has 1 fully saturated rings. The maximum Gasteiger partial charge on any atom is 0.255 e. The van der Waals surface area contributed by atoms with Gasteiger partial charge >= 0.3 is 0 Å². The molecule has 3 aromatic heterocycles. The van der Waals surface area contributed by atoms with E-state index >= 15 is 0 Å². The van der Waals surface area contributed by atoms with Gasteiger partial charge in [-0.05, 0) is 43.7 Å². The SMILES string of the molecule is COc1ccc([C@H]2C[C@@H]2COc2nc(C)ncc2-c2ccc(=O)n(-c3ccccc3)c2)nc1. The second-order valence-electron chi connectivity index (χ2n) is 8.13. The molecule has 0 aliphatic heterocycles. The third kappa shape index (κ3) is 4.48. The van der Waals surface area contributed by atoms with E-state index in [4.69, 9.17) is 9.47 Å². The number of para-hydroxylation sites is 1. The van der Waals surface area contributed by atoms with Crippen LogP contribution in [0.15, 0.2) is 78.0 Å². The van der Waals surface area contributed by atoms with Gasteiger partial charge in [-0.1, -0.05) is 18.2 Å². The lowest BCUT2D eigenvalue weighted by molar-refractivity contribution is 0.285. The first-order chi connectivity index (χ1) is 16.1. The first-order valence-corrected chi connectivity index (χ1v) is 10.9. The summed E-state index contributed by atoms with van der Waals surface area (Å²) in [6.07, 6.45) is 6.33. The van der Waals surface area contributed by atoms with Crippen molar-refractivity contribution in [3.8, 4) is 28.4 Å². The molecular weight excluding hydrogens is 416 g/mol. The molecule has 0 radical (unpaired) electrons. The van der Waals surface area contributed by atoms with Gasteiger partial charge in [0.2, 0.25) is 5.88 Å². The summed E-state index contributed by atoms with van der Waals surface area (Å²) in [6.45, 7) is 2.38. The molecule has 1 aromatic carbocycles. The van der Waals surface area contributed by atoms with Crippen LogP contribution in [0.2, 0.25) is 0 Å².